The minimum atomic E-state index is -0.917. The van der Waals surface area contributed by atoms with E-state index in [1.54, 1.807) is 28.9 Å². The van der Waals surface area contributed by atoms with Crippen LogP contribution in [-0.2, 0) is 16.8 Å². The molecule has 1 aliphatic rings. The third kappa shape index (κ3) is 3.70. The quantitative estimate of drug-likeness (QED) is 0.298. The van der Waals surface area contributed by atoms with E-state index < -0.39 is 17.2 Å². The fraction of sp³-hybridized carbons (Fsp3) is 0.261. The molecule has 0 aliphatic heterocycles. The summed E-state index contributed by atoms with van der Waals surface area (Å²) in [6.07, 6.45) is 1.95. The van der Waals surface area contributed by atoms with Crippen LogP contribution in [0.15, 0.2) is 46.3 Å². The van der Waals surface area contributed by atoms with Gasteiger partial charge in [-0.25, -0.2) is 9.37 Å². The number of hydrogen-bond acceptors (Lipinski definition) is 4. The Hall–Kier alpha value is -2.55. The summed E-state index contributed by atoms with van der Waals surface area (Å²) in [6.45, 7) is 2.60. The molecule has 1 aromatic carbocycles. The van der Waals surface area contributed by atoms with Crippen molar-refractivity contribution in [1.82, 2.24) is 19.7 Å². The van der Waals surface area contributed by atoms with Gasteiger partial charge < -0.3 is 10.1 Å². The maximum Gasteiger partial charge on any atom is 0.315 e. The highest BCUT2D eigenvalue weighted by atomic mass is 35.5. The van der Waals surface area contributed by atoms with Crippen LogP contribution in [0.5, 0.6) is 0 Å². The van der Waals surface area contributed by atoms with Crippen molar-refractivity contribution in [2.24, 2.45) is 0 Å². The van der Waals surface area contributed by atoms with Gasteiger partial charge in [-0.1, -0.05) is 60.1 Å². The summed E-state index contributed by atoms with van der Waals surface area (Å²) in [5.74, 6) is -1.27. The van der Waals surface area contributed by atoms with Crippen LogP contribution in [0.1, 0.15) is 31.9 Å². The van der Waals surface area contributed by atoms with Gasteiger partial charge in [0.15, 0.2) is 5.15 Å². The van der Waals surface area contributed by atoms with E-state index in [0.29, 0.717) is 62.3 Å². The molecule has 33 heavy (non-hydrogen) atoms. The molecule has 0 unspecified atom stereocenters. The van der Waals surface area contributed by atoms with Crippen molar-refractivity contribution >= 4 is 51.8 Å². The van der Waals surface area contributed by atoms with Crippen molar-refractivity contribution in [2.45, 2.75) is 48.1 Å². The Morgan fingerprint density at radius 1 is 1.27 bits per heavy atom. The minimum Gasteiger partial charge on any atom is -0.481 e. The molecule has 0 bridgehead atoms. The van der Waals surface area contributed by atoms with Gasteiger partial charge in [0.05, 0.1) is 22.5 Å². The van der Waals surface area contributed by atoms with E-state index in [9.17, 15) is 14.3 Å². The van der Waals surface area contributed by atoms with Gasteiger partial charge in [-0.3, -0.25) is 9.48 Å². The zero-order valence-electron chi connectivity index (χ0n) is 17.5. The van der Waals surface area contributed by atoms with Crippen molar-refractivity contribution in [3.05, 3.63) is 58.2 Å². The number of aromatic amines is 1. The van der Waals surface area contributed by atoms with Gasteiger partial charge >= 0.3 is 5.97 Å². The highest BCUT2D eigenvalue weighted by Gasteiger charge is 2.53. The second-order valence-corrected chi connectivity index (χ2v) is 9.77. The lowest BCUT2D eigenvalue weighted by molar-refractivity contribution is -0.140. The molecule has 0 spiro atoms. The second-order valence-electron chi connectivity index (χ2n) is 8.02. The first-order valence-electron chi connectivity index (χ1n) is 10.5. The van der Waals surface area contributed by atoms with Crippen LogP contribution in [-0.4, -0.2) is 30.8 Å². The number of nitrogens with zero attached hydrogens (tertiary/aromatic N) is 3. The van der Waals surface area contributed by atoms with E-state index in [2.05, 4.69) is 15.1 Å². The van der Waals surface area contributed by atoms with Crippen LogP contribution < -0.4 is 0 Å². The number of carboxylic acid groups (broad SMARTS) is 1. The van der Waals surface area contributed by atoms with Gasteiger partial charge in [0, 0.05) is 16.8 Å². The molecular formula is C23H19Cl2FN4O2S. The second kappa shape index (κ2) is 8.34. The summed E-state index contributed by atoms with van der Waals surface area (Å²) < 4.78 is 16.3. The fourth-order valence-electron chi connectivity index (χ4n) is 3.97. The molecule has 3 aromatic heterocycles. The molecule has 1 fully saturated rings. The van der Waals surface area contributed by atoms with Crippen LogP contribution >= 0.6 is 35.0 Å². The maximum absolute atomic E-state index is 14.7. The Balaban J connectivity index is 1.65. The molecule has 6 nitrogen and oxygen atoms in total. The van der Waals surface area contributed by atoms with Crippen molar-refractivity contribution in [1.29, 1.82) is 0 Å². The smallest absolute Gasteiger partial charge is 0.315 e. The number of aryl methyl sites for hydroxylation is 1. The van der Waals surface area contributed by atoms with Gasteiger partial charge in [0.2, 0.25) is 0 Å². The molecule has 170 valence electrons. The molecule has 0 saturated heterocycles. The topological polar surface area (TPSA) is 83.8 Å². The lowest BCUT2D eigenvalue weighted by Crippen LogP contribution is -2.20. The highest BCUT2D eigenvalue weighted by molar-refractivity contribution is 7.99. The van der Waals surface area contributed by atoms with Gasteiger partial charge in [0.25, 0.3) is 0 Å². The lowest BCUT2D eigenvalue weighted by Gasteiger charge is -2.11. The molecule has 2 N–H and O–H groups in total. The minimum absolute atomic E-state index is 0.215. The predicted octanol–water partition coefficient (Wildman–Crippen LogP) is 6.55. The average Bonchev–Trinajstić information content (AvgIpc) is 3.47. The number of fused-ring (bicyclic) bond motifs is 1. The number of nitrogens with one attached hydrogen (secondary N) is 1. The number of aromatic nitrogens is 4. The van der Waals surface area contributed by atoms with Crippen LogP contribution in [0.2, 0.25) is 10.3 Å². The van der Waals surface area contributed by atoms with Crippen molar-refractivity contribution < 1.29 is 14.3 Å². The Morgan fingerprint density at radius 2 is 2.03 bits per heavy atom. The normalized spacial score (nSPS) is 14.7. The molecule has 1 aliphatic carbocycles. The van der Waals surface area contributed by atoms with E-state index in [0.717, 1.165) is 6.42 Å². The fourth-order valence-corrected chi connectivity index (χ4v) is 5.63. The Labute approximate surface area is 203 Å². The van der Waals surface area contributed by atoms with E-state index in [1.165, 1.54) is 17.8 Å². The first-order chi connectivity index (χ1) is 15.9. The van der Waals surface area contributed by atoms with Crippen molar-refractivity contribution in [3.8, 4) is 11.3 Å². The van der Waals surface area contributed by atoms with Crippen LogP contribution in [0.4, 0.5) is 4.39 Å². The number of halogens is 3. The molecule has 0 amide bonds. The SMILES string of the molecule is CCCn1nc(Cl)c(-c2[nH]c3c(F)cccc3c2Sc2cccc(C3(C(=O)O)CC3)n2)c1Cl. The average molecular weight is 505 g/mol. The van der Waals surface area contributed by atoms with Gasteiger partial charge in [0.1, 0.15) is 21.4 Å². The Kier molecular flexibility index (Phi) is 5.63. The van der Waals surface area contributed by atoms with Gasteiger partial charge in [-0.05, 0) is 37.5 Å². The van der Waals surface area contributed by atoms with Crippen molar-refractivity contribution in [2.75, 3.05) is 0 Å². The van der Waals surface area contributed by atoms with Crippen LogP contribution in [0.3, 0.4) is 0 Å². The maximum atomic E-state index is 14.7. The summed E-state index contributed by atoms with van der Waals surface area (Å²) in [5, 5.41) is 15.8. The number of rotatable bonds is 7. The van der Waals surface area contributed by atoms with Gasteiger partial charge in [-0.15, -0.1) is 0 Å². The van der Waals surface area contributed by atoms with Crippen LogP contribution in [0.25, 0.3) is 22.2 Å². The van der Waals surface area contributed by atoms with E-state index in [1.807, 2.05) is 13.0 Å². The van der Waals surface area contributed by atoms with E-state index in [-0.39, 0.29) is 5.15 Å². The summed E-state index contributed by atoms with van der Waals surface area (Å²) in [4.78, 5) is 20.2. The first-order valence-corrected chi connectivity index (χ1v) is 12.0. The summed E-state index contributed by atoms with van der Waals surface area (Å²) in [5.41, 5.74) is 0.971. The third-order valence-electron chi connectivity index (χ3n) is 5.85. The standard InChI is InChI=1S/C23H19Cl2FN4O2S/c1-2-11-30-21(25)16(20(24)29-30)18-19(12-5-3-6-13(26)17(12)28-18)33-15-8-4-7-14(27-15)23(9-10-23)22(31)32/h3-8,28H,2,9-11H2,1H3,(H,31,32). The van der Waals surface area contributed by atoms with Gasteiger partial charge in [-0.2, -0.15) is 5.10 Å². The zero-order valence-corrected chi connectivity index (χ0v) is 19.9. The molecule has 0 atom stereocenters. The number of H-pyrrole nitrogens is 1. The Morgan fingerprint density at radius 3 is 2.73 bits per heavy atom. The largest absolute Gasteiger partial charge is 0.481 e. The monoisotopic (exact) mass is 504 g/mol. The molecule has 1 saturated carbocycles. The summed E-state index contributed by atoms with van der Waals surface area (Å²) in [7, 11) is 0. The van der Waals surface area contributed by atoms with Crippen LogP contribution in [0, 0.1) is 5.82 Å². The van der Waals surface area contributed by atoms with E-state index in [4.69, 9.17) is 23.2 Å². The molecule has 10 heteroatoms. The molecule has 0 radical (unpaired) electrons. The zero-order chi connectivity index (χ0) is 23.3. The number of carbonyl (C=O) groups is 1. The molecular weight excluding hydrogens is 486 g/mol. The molecule has 5 rings (SSSR count). The number of benzene rings is 1. The summed E-state index contributed by atoms with van der Waals surface area (Å²) in [6, 6.07) is 10.2. The van der Waals surface area contributed by atoms with Crippen molar-refractivity contribution in [3.63, 3.8) is 0 Å². The number of aliphatic carboxylic acids is 1. The highest BCUT2D eigenvalue weighted by Crippen LogP contribution is 2.49. The number of carboxylic acids is 1. The Bertz CT molecular complexity index is 1400. The summed E-state index contributed by atoms with van der Waals surface area (Å²) >= 11 is 14.4. The third-order valence-corrected chi connectivity index (χ3v) is 7.56. The number of pyridine rings is 1. The molecule has 3 heterocycles. The molecule has 4 aromatic rings. The number of hydrogen-bond donors (Lipinski definition) is 2. The number of para-hydroxylation sites is 1. The first kappa shape index (κ1) is 22.3. The van der Waals surface area contributed by atoms with E-state index >= 15 is 0 Å². The predicted molar refractivity (Wildman–Crippen MR) is 127 cm³/mol. The lowest BCUT2D eigenvalue weighted by atomic mass is 10.0.